The lowest BCUT2D eigenvalue weighted by atomic mass is 10.1. The lowest BCUT2D eigenvalue weighted by molar-refractivity contribution is -0.385. The summed E-state index contributed by atoms with van der Waals surface area (Å²) < 4.78 is 13.6. The third kappa shape index (κ3) is 3.24. The molecule has 1 amide bonds. The molecule has 6 nitrogen and oxygen atoms in total. The van der Waals surface area contributed by atoms with Gasteiger partial charge in [-0.15, -0.1) is 0 Å². The largest absolute Gasteiger partial charge is 0.304 e. The fourth-order valence-corrected chi connectivity index (χ4v) is 3.03. The van der Waals surface area contributed by atoms with Crippen LogP contribution in [0, 0.1) is 15.9 Å². The SMILES string of the molecule is O=C(c1ccc([N+](=O)[O-])cn1)N(c1cccc(F)c1)C1CCCC1. The fraction of sp³-hybridized carbons (Fsp3) is 0.294. The summed E-state index contributed by atoms with van der Waals surface area (Å²) in [5.74, 6) is -0.789. The minimum atomic E-state index is -0.567. The average Bonchev–Trinajstić information content (AvgIpc) is 3.09. The summed E-state index contributed by atoms with van der Waals surface area (Å²) in [5.41, 5.74) is 0.411. The molecule has 124 valence electrons. The summed E-state index contributed by atoms with van der Waals surface area (Å²) in [7, 11) is 0. The van der Waals surface area contributed by atoms with Crippen molar-refractivity contribution in [3.05, 3.63) is 64.2 Å². The Morgan fingerprint density at radius 3 is 2.58 bits per heavy atom. The monoisotopic (exact) mass is 329 g/mol. The van der Waals surface area contributed by atoms with Gasteiger partial charge in [0.1, 0.15) is 17.7 Å². The van der Waals surface area contributed by atoms with E-state index in [0.717, 1.165) is 31.9 Å². The molecule has 0 unspecified atom stereocenters. The molecule has 0 spiro atoms. The van der Waals surface area contributed by atoms with E-state index in [1.807, 2.05) is 0 Å². The zero-order valence-electron chi connectivity index (χ0n) is 12.9. The van der Waals surface area contributed by atoms with Gasteiger partial charge in [0.2, 0.25) is 0 Å². The standard InChI is InChI=1S/C17H16FN3O3/c18-12-4-3-7-14(10-12)20(13-5-1-2-6-13)17(22)16-9-8-15(11-19-16)21(23)24/h3-4,7-11,13H,1-2,5-6H2. The molecule has 7 heteroatoms. The molecule has 0 atom stereocenters. The van der Waals surface area contributed by atoms with E-state index in [9.17, 15) is 19.3 Å². The van der Waals surface area contributed by atoms with Crippen LogP contribution in [0.15, 0.2) is 42.6 Å². The number of hydrogen-bond acceptors (Lipinski definition) is 4. The Labute approximate surface area is 138 Å². The number of anilines is 1. The Bertz CT molecular complexity index is 758. The molecular formula is C17H16FN3O3. The van der Waals surface area contributed by atoms with Gasteiger partial charge >= 0.3 is 0 Å². The van der Waals surface area contributed by atoms with Crippen LogP contribution in [0.5, 0.6) is 0 Å². The smallest absolute Gasteiger partial charge is 0.287 e. The number of carbonyl (C=O) groups is 1. The number of aromatic nitrogens is 1. The number of carbonyl (C=O) groups excluding carboxylic acids is 1. The predicted molar refractivity (Wildman–Crippen MR) is 86.4 cm³/mol. The summed E-state index contributed by atoms with van der Waals surface area (Å²) in [5, 5.41) is 10.7. The van der Waals surface area contributed by atoms with Crippen molar-refractivity contribution in [1.82, 2.24) is 4.98 Å². The first-order valence-electron chi connectivity index (χ1n) is 7.76. The molecule has 1 aromatic carbocycles. The molecule has 0 radical (unpaired) electrons. The molecule has 0 saturated heterocycles. The first-order valence-corrected chi connectivity index (χ1v) is 7.76. The molecule has 24 heavy (non-hydrogen) atoms. The van der Waals surface area contributed by atoms with Gasteiger partial charge < -0.3 is 4.90 Å². The second kappa shape index (κ2) is 6.74. The fourth-order valence-electron chi connectivity index (χ4n) is 3.03. The van der Waals surface area contributed by atoms with Gasteiger partial charge in [0.05, 0.1) is 4.92 Å². The van der Waals surface area contributed by atoms with Crippen molar-refractivity contribution in [3.63, 3.8) is 0 Å². The van der Waals surface area contributed by atoms with E-state index in [0.29, 0.717) is 5.69 Å². The van der Waals surface area contributed by atoms with Gasteiger partial charge in [0, 0.05) is 17.8 Å². The van der Waals surface area contributed by atoms with Crippen LogP contribution in [-0.4, -0.2) is 21.9 Å². The lowest BCUT2D eigenvalue weighted by Gasteiger charge is -2.28. The third-order valence-electron chi connectivity index (χ3n) is 4.17. The van der Waals surface area contributed by atoms with Crippen molar-refractivity contribution >= 4 is 17.3 Å². The van der Waals surface area contributed by atoms with Crippen molar-refractivity contribution in [3.8, 4) is 0 Å². The Kier molecular flexibility index (Phi) is 4.50. The second-order valence-electron chi connectivity index (χ2n) is 5.75. The van der Waals surface area contributed by atoms with Crippen LogP contribution >= 0.6 is 0 Å². The van der Waals surface area contributed by atoms with Crippen LogP contribution in [0.25, 0.3) is 0 Å². The third-order valence-corrected chi connectivity index (χ3v) is 4.17. The Balaban J connectivity index is 1.95. The summed E-state index contributed by atoms with van der Waals surface area (Å²) in [4.78, 5) is 28.5. The summed E-state index contributed by atoms with van der Waals surface area (Å²) >= 11 is 0. The summed E-state index contributed by atoms with van der Waals surface area (Å²) in [6, 6.07) is 8.46. The number of amides is 1. The maximum absolute atomic E-state index is 13.6. The van der Waals surface area contributed by atoms with E-state index in [1.54, 1.807) is 17.0 Å². The molecule has 1 aromatic heterocycles. The highest BCUT2D eigenvalue weighted by molar-refractivity contribution is 6.05. The first kappa shape index (κ1) is 16.0. The Hall–Kier alpha value is -2.83. The van der Waals surface area contributed by atoms with Crippen LogP contribution < -0.4 is 4.90 Å². The van der Waals surface area contributed by atoms with E-state index >= 15 is 0 Å². The van der Waals surface area contributed by atoms with Crippen molar-refractivity contribution in [2.75, 3.05) is 4.90 Å². The summed E-state index contributed by atoms with van der Waals surface area (Å²) in [6.45, 7) is 0. The molecule has 1 aliphatic rings. The Morgan fingerprint density at radius 2 is 2.00 bits per heavy atom. The number of benzene rings is 1. The topological polar surface area (TPSA) is 76.3 Å². The normalized spacial score (nSPS) is 14.5. The molecular weight excluding hydrogens is 313 g/mol. The number of hydrogen-bond donors (Lipinski definition) is 0. The van der Waals surface area contributed by atoms with Crippen molar-refractivity contribution in [2.45, 2.75) is 31.7 Å². The minimum Gasteiger partial charge on any atom is -0.304 e. The van der Waals surface area contributed by atoms with Crippen LogP contribution in [0.4, 0.5) is 15.8 Å². The molecule has 0 aliphatic heterocycles. The molecule has 2 aromatic rings. The predicted octanol–water partition coefficient (Wildman–Crippen LogP) is 3.72. The van der Waals surface area contributed by atoms with Crippen LogP contribution in [0.3, 0.4) is 0 Å². The highest BCUT2D eigenvalue weighted by Crippen LogP contribution is 2.30. The first-order chi connectivity index (χ1) is 11.6. The van der Waals surface area contributed by atoms with E-state index in [-0.39, 0.29) is 23.3 Å². The average molecular weight is 329 g/mol. The van der Waals surface area contributed by atoms with E-state index in [2.05, 4.69) is 4.98 Å². The van der Waals surface area contributed by atoms with Gasteiger partial charge in [-0.25, -0.2) is 9.37 Å². The van der Waals surface area contributed by atoms with Crippen molar-refractivity contribution < 1.29 is 14.1 Å². The van der Waals surface area contributed by atoms with E-state index in [4.69, 9.17) is 0 Å². The Morgan fingerprint density at radius 1 is 1.25 bits per heavy atom. The molecule has 1 aliphatic carbocycles. The molecule has 1 fully saturated rings. The molecule has 0 bridgehead atoms. The van der Waals surface area contributed by atoms with Gasteiger partial charge in [-0.2, -0.15) is 0 Å². The van der Waals surface area contributed by atoms with Gasteiger partial charge in [0.25, 0.3) is 11.6 Å². The van der Waals surface area contributed by atoms with Gasteiger partial charge in [-0.05, 0) is 37.1 Å². The van der Waals surface area contributed by atoms with E-state index < -0.39 is 10.7 Å². The number of nitrogens with zero attached hydrogens (tertiary/aromatic N) is 3. The van der Waals surface area contributed by atoms with E-state index in [1.165, 1.54) is 24.3 Å². The van der Waals surface area contributed by atoms with Gasteiger partial charge in [0.15, 0.2) is 0 Å². The maximum atomic E-state index is 13.6. The van der Waals surface area contributed by atoms with Crippen LogP contribution in [0.2, 0.25) is 0 Å². The highest BCUT2D eigenvalue weighted by Gasteiger charge is 2.30. The van der Waals surface area contributed by atoms with Gasteiger partial charge in [-0.3, -0.25) is 14.9 Å². The second-order valence-corrected chi connectivity index (χ2v) is 5.75. The number of pyridine rings is 1. The van der Waals surface area contributed by atoms with Crippen LogP contribution in [-0.2, 0) is 0 Å². The van der Waals surface area contributed by atoms with Crippen molar-refractivity contribution in [2.24, 2.45) is 0 Å². The van der Waals surface area contributed by atoms with Crippen LogP contribution in [0.1, 0.15) is 36.2 Å². The lowest BCUT2D eigenvalue weighted by Crippen LogP contribution is -2.39. The zero-order valence-corrected chi connectivity index (χ0v) is 12.9. The molecule has 3 rings (SSSR count). The summed E-state index contributed by atoms with van der Waals surface area (Å²) in [6.07, 6.45) is 4.77. The highest BCUT2D eigenvalue weighted by atomic mass is 19.1. The molecule has 1 heterocycles. The molecule has 1 saturated carbocycles. The molecule has 0 N–H and O–H groups in total. The minimum absolute atomic E-state index is 0.0173. The van der Waals surface area contributed by atoms with Gasteiger partial charge in [-0.1, -0.05) is 18.9 Å². The quantitative estimate of drug-likeness (QED) is 0.633. The number of halogens is 1. The number of nitro groups is 1. The zero-order chi connectivity index (χ0) is 17.1. The van der Waals surface area contributed by atoms with Crippen molar-refractivity contribution in [1.29, 1.82) is 0 Å². The number of rotatable bonds is 4. The maximum Gasteiger partial charge on any atom is 0.287 e.